The molecule has 0 atom stereocenters. The number of nitrogens with zero attached hydrogens (tertiary/aromatic N) is 1. The van der Waals surface area contributed by atoms with Crippen LogP contribution in [0.1, 0.15) is 21.5 Å². The van der Waals surface area contributed by atoms with Crippen molar-refractivity contribution in [3.05, 3.63) is 61.7 Å². The fourth-order valence-corrected chi connectivity index (χ4v) is 2.36. The Kier molecular flexibility index (Phi) is 5.04. The molecule has 0 amide bonds. The van der Waals surface area contributed by atoms with Crippen LogP contribution in [0.4, 0.5) is 0 Å². The Morgan fingerprint density at radius 2 is 2.10 bits per heavy atom. The molecule has 2 rings (SSSR count). The van der Waals surface area contributed by atoms with Gasteiger partial charge in [-0.05, 0) is 52.9 Å². The summed E-state index contributed by atoms with van der Waals surface area (Å²) in [4.78, 5) is 11.0. The number of ether oxygens (including phenoxy) is 1. The molecule has 4 nitrogen and oxygen atoms in total. The summed E-state index contributed by atoms with van der Waals surface area (Å²) in [6, 6.07) is 11.6. The van der Waals surface area contributed by atoms with Gasteiger partial charge in [-0.25, -0.2) is 4.79 Å². The van der Waals surface area contributed by atoms with E-state index in [1.54, 1.807) is 24.3 Å². The van der Waals surface area contributed by atoms with Gasteiger partial charge in [0.25, 0.3) is 0 Å². The molecule has 0 unspecified atom stereocenters. The second kappa shape index (κ2) is 6.78. The summed E-state index contributed by atoms with van der Waals surface area (Å²) in [5.74, 6) is -0.524. The molecule has 0 radical (unpaired) electrons. The van der Waals surface area contributed by atoms with E-state index in [1.165, 1.54) is 12.1 Å². The number of carboxylic acids is 1. The molecular weight excluding hydrogens is 405 g/mol. The van der Waals surface area contributed by atoms with E-state index in [9.17, 15) is 4.79 Å². The average Bonchev–Trinajstić information content (AvgIpc) is 2.47. The largest absolute Gasteiger partial charge is 0.488 e. The number of carbonyl (C=O) groups is 1. The Balaban J connectivity index is 2.18. The second-order valence-electron chi connectivity index (χ2n) is 4.16. The van der Waals surface area contributed by atoms with Gasteiger partial charge in [0.05, 0.1) is 20.8 Å². The molecule has 0 bridgehead atoms. The highest BCUT2D eigenvalue weighted by Gasteiger charge is 2.09. The quantitative estimate of drug-likeness (QED) is 0.767. The van der Waals surface area contributed by atoms with Crippen LogP contribution in [0.5, 0.6) is 5.75 Å². The average molecular weight is 414 g/mol. The van der Waals surface area contributed by atoms with Gasteiger partial charge in [-0.15, -0.1) is 0 Å². The minimum Gasteiger partial charge on any atom is -0.488 e. The predicted molar refractivity (Wildman–Crippen MR) is 86.6 cm³/mol. The number of benzene rings is 2. The van der Waals surface area contributed by atoms with Crippen molar-refractivity contribution < 1.29 is 14.6 Å². The molecule has 21 heavy (non-hydrogen) atoms. The number of hydrogen-bond donors (Lipinski definition) is 1. The molecule has 2 aromatic carbocycles. The lowest BCUT2D eigenvalue weighted by Crippen LogP contribution is -2.01. The van der Waals surface area contributed by atoms with Crippen LogP contribution in [0.15, 0.2) is 36.4 Å². The first kappa shape index (κ1) is 15.6. The third kappa shape index (κ3) is 3.86. The van der Waals surface area contributed by atoms with Crippen molar-refractivity contribution in [1.29, 1.82) is 5.26 Å². The molecule has 0 aliphatic rings. The highest BCUT2D eigenvalue weighted by Crippen LogP contribution is 2.25. The van der Waals surface area contributed by atoms with Gasteiger partial charge >= 0.3 is 5.97 Å². The topological polar surface area (TPSA) is 70.3 Å². The van der Waals surface area contributed by atoms with E-state index in [0.717, 1.165) is 9.13 Å². The van der Waals surface area contributed by atoms with Gasteiger partial charge in [0.2, 0.25) is 0 Å². The van der Waals surface area contributed by atoms with Gasteiger partial charge in [0.15, 0.2) is 0 Å². The maximum absolute atomic E-state index is 11.0. The zero-order chi connectivity index (χ0) is 15.4. The summed E-state index contributed by atoms with van der Waals surface area (Å²) in [6.45, 7) is 0.198. The Labute approximate surface area is 140 Å². The highest BCUT2D eigenvalue weighted by molar-refractivity contribution is 14.1. The summed E-state index contributed by atoms with van der Waals surface area (Å²) < 4.78 is 6.44. The molecule has 106 valence electrons. The number of hydrogen-bond acceptors (Lipinski definition) is 3. The molecule has 0 aliphatic carbocycles. The first-order valence-corrected chi connectivity index (χ1v) is 7.31. The Morgan fingerprint density at radius 1 is 1.33 bits per heavy atom. The summed E-state index contributed by atoms with van der Waals surface area (Å²) in [5, 5.41) is 18.2. The first-order valence-electron chi connectivity index (χ1n) is 5.85. The van der Waals surface area contributed by atoms with Crippen LogP contribution in [0.3, 0.4) is 0 Å². The van der Waals surface area contributed by atoms with Crippen LogP contribution < -0.4 is 4.74 Å². The minimum absolute atomic E-state index is 0.163. The van der Waals surface area contributed by atoms with Gasteiger partial charge in [-0.2, -0.15) is 5.26 Å². The lowest BCUT2D eigenvalue weighted by Gasteiger charge is -2.10. The summed E-state index contributed by atoms with van der Waals surface area (Å²) in [5.41, 5.74) is 1.37. The van der Waals surface area contributed by atoms with E-state index in [2.05, 4.69) is 22.6 Å². The van der Waals surface area contributed by atoms with E-state index in [-0.39, 0.29) is 12.2 Å². The molecule has 0 heterocycles. The predicted octanol–water partition coefficient (Wildman–Crippen LogP) is 4.09. The van der Waals surface area contributed by atoms with Crippen LogP contribution in [-0.4, -0.2) is 11.1 Å². The molecule has 0 aliphatic heterocycles. The van der Waals surface area contributed by atoms with Crippen molar-refractivity contribution in [2.45, 2.75) is 6.61 Å². The molecular formula is C15H9ClINO3. The van der Waals surface area contributed by atoms with Crippen LogP contribution in [0.2, 0.25) is 5.02 Å². The van der Waals surface area contributed by atoms with Crippen LogP contribution in [0, 0.1) is 14.9 Å². The van der Waals surface area contributed by atoms with Crippen molar-refractivity contribution in [3.8, 4) is 11.8 Å². The molecule has 0 fully saturated rings. The van der Waals surface area contributed by atoms with Crippen molar-refractivity contribution in [3.63, 3.8) is 0 Å². The van der Waals surface area contributed by atoms with Gasteiger partial charge < -0.3 is 9.84 Å². The normalized spacial score (nSPS) is 9.95. The standard InChI is InChI=1S/C15H9ClINO3/c16-12-5-9(7-18)1-2-11(12)8-21-14-6-10(15(19)20)3-4-13(14)17/h1-6H,8H2,(H,19,20). The third-order valence-corrected chi connectivity index (χ3v) is 3.99. The summed E-state index contributed by atoms with van der Waals surface area (Å²) in [6.07, 6.45) is 0. The fourth-order valence-electron chi connectivity index (χ4n) is 1.64. The lowest BCUT2D eigenvalue weighted by molar-refractivity contribution is 0.0696. The van der Waals surface area contributed by atoms with Crippen molar-refractivity contribution in [2.24, 2.45) is 0 Å². The van der Waals surface area contributed by atoms with E-state index < -0.39 is 5.97 Å². The minimum atomic E-state index is -1.01. The van der Waals surface area contributed by atoms with E-state index in [4.69, 9.17) is 26.7 Å². The zero-order valence-corrected chi connectivity index (χ0v) is 13.6. The van der Waals surface area contributed by atoms with Gasteiger partial charge in [0, 0.05) is 10.6 Å². The summed E-state index contributed by atoms with van der Waals surface area (Å²) >= 11 is 8.14. The van der Waals surface area contributed by atoms with Crippen LogP contribution in [0.25, 0.3) is 0 Å². The number of halogens is 2. The van der Waals surface area contributed by atoms with Crippen molar-refractivity contribution in [1.82, 2.24) is 0 Å². The maximum atomic E-state index is 11.0. The summed E-state index contributed by atoms with van der Waals surface area (Å²) in [7, 11) is 0. The molecule has 0 saturated carbocycles. The maximum Gasteiger partial charge on any atom is 0.335 e. The van der Waals surface area contributed by atoms with Crippen LogP contribution >= 0.6 is 34.2 Å². The zero-order valence-electron chi connectivity index (χ0n) is 10.6. The number of aromatic carboxylic acids is 1. The number of nitriles is 1. The monoisotopic (exact) mass is 413 g/mol. The Morgan fingerprint density at radius 3 is 2.71 bits per heavy atom. The third-order valence-electron chi connectivity index (χ3n) is 2.74. The molecule has 6 heteroatoms. The van der Waals surface area contributed by atoms with E-state index >= 15 is 0 Å². The second-order valence-corrected chi connectivity index (χ2v) is 5.73. The van der Waals surface area contributed by atoms with Crippen molar-refractivity contribution >= 4 is 40.2 Å². The number of carboxylic acid groups (broad SMARTS) is 1. The molecule has 0 spiro atoms. The Bertz CT molecular complexity index is 740. The van der Waals surface area contributed by atoms with E-state index in [0.29, 0.717) is 16.3 Å². The smallest absolute Gasteiger partial charge is 0.335 e. The van der Waals surface area contributed by atoms with Crippen LogP contribution in [-0.2, 0) is 6.61 Å². The molecule has 1 N–H and O–H groups in total. The lowest BCUT2D eigenvalue weighted by atomic mass is 10.1. The molecule has 0 saturated heterocycles. The molecule has 0 aromatic heterocycles. The van der Waals surface area contributed by atoms with Gasteiger partial charge in [0.1, 0.15) is 12.4 Å². The molecule has 2 aromatic rings. The fraction of sp³-hybridized carbons (Fsp3) is 0.0667. The van der Waals surface area contributed by atoms with Crippen molar-refractivity contribution in [2.75, 3.05) is 0 Å². The van der Waals surface area contributed by atoms with Gasteiger partial charge in [-0.1, -0.05) is 17.7 Å². The number of rotatable bonds is 4. The Hall–Kier alpha value is -1.78. The first-order chi connectivity index (χ1) is 10.0. The SMILES string of the molecule is N#Cc1ccc(COc2cc(C(=O)O)ccc2I)c(Cl)c1. The highest BCUT2D eigenvalue weighted by atomic mass is 127. The van der Waals surface area contributed by atoms with E-state index in [1.807, 2.05) is 6.07 Å². The van der Waals surface area contributed by atoms with Gasteiger partial charge in [-0.3, -0.25) is 0 Å².